The molecule has 0 aromatic heterocycles. The topological polar surface area (TPSA) is 0 Å². The van der Waals surface area contributed by atoms with Crippen LogP contribution in [0.3, 0.4) is 0 Å². The second-order valence-electron chi connectivity index (χ2n) is 7.22. The van der Waals surface area contributed by atoms with Gasteiger partial charge in [0.1, 0.15) is 0 Å². The lowest BCUT2D eigenvalue weighted by Gasteiger charge is -2.32. The Morgan fingerprint density at radius 2 is 1.44 bits per heavy atom. The van der Waals surface area contributed by atoms with Crippen LogP contribution in [0.25, 0.3) is 0 Å². The first-order chi connectivity index (χ1) is 8.50. The summed E-state index contributed by atoms with van der Waals surface area (Å²) >= 11 is 0. The van der Waals surface area contributed by atoms with Crippen molar-refractivity contribution in [3.05, 3.63) is 0 Å². The minimum absolute atomic E-state index is 0.581. The summed E-state index contributed by atoms with van der Waals surface area (Å²) in [7, 11) is 0. The number of rotatable bonds is 9. The van der Waals surface area contributed by atoms with E-state index >= 15 is 0 Å². The van der Waals surface area contributed by atoms with E-state index in [0.29, 0.717) is 5.41 Å². The number of unbranched alkanes of at least 4 members (excludes halogenated alkanes) is 1. The molecule has 1 aliphatic carbocycles. The van der Waals surface area contributed by atoms with Crippen molar-refractivity contribution in [1.29, 1.82) is 0 Å². The van der Waals surface area contributed by atoms with Crippen LogP contribution < -0.4 is 0 Å². The lowest BCUT2D eigenvalue weighted by molar-refractivity contribution is 0.183. The first-order valence-corrected chi connectivity index (χ1v) is 8.50. The lowest BCUT2D eigenvalue weighted by atomic mass is 9.73. The van der Waals surface area contributed by atoms with Crippen LogP contribution in [0.5, 0.6) is 0 Å². The van der Waals surface area contributed by atoms with Crippen LogP contribution in [0.15, 0.2) is 0 Å². The molecule has 0 bridgehead atoms. The first-order valence-electron chi connectivity index (χ1n) is 8.50. The zero-order chi connectivity index (χ0) is 13.8. The van der Waals surface area contributed by atoms with E-state index < -0.39 is 0 Å². The van der Waals surface area contributed by atoms with Gasteiger partial charge in [-0.05, 0) is 41.9 Å². The molecular weight excluding hydrogens is 216 g/mol. The molecule has 1 saturated carbocycles. The summed E-state index contributed by atoms with van der Waals surface area (Å²) in [6, 6.07) is 0. The molecule has 3 atom stereocenters. The van der Waals surface area contributed by atoms with Crippen LogP contribution >= 0.6 is 0 Å². The molecule has 3 unspecified atom stereocenters. The quantitative estimate of drug-likeness (QED) is 0.422. The summed E-state index contributed by atoms with van der Waals surface area (Å²) in [4.78, 5) is 0. The summed E-state index contributed by atoms with van der Waals surface area (Å²) in [6.45, 7) is 14.4. The highest BCUT2D eigenvalue weighted by molar-refractivity contribution is 4.94. The summed E-state index contributed by atoms with van der Waals surface area (Å²) in [5.74, 6) is 4.08. The van der Waals surface area contributed by atoms with E-state index in [1.165, 1.54) is 44.9 Å². The van der Waals surface area contributed by atoms with Gasteiger partial charge in [-0.2, -0.15) is 0 Å². The van der Waals surface area contributed by atoms with Gasteiger partial charge < -0.3 is 0 Å². The Kier molecular flexibility index (Phi) is 6.21. The molecule has 0 spiro atoms. The van der Waals surface area contributed by atoms with E-state index in [-0.39, 0.29) is 0 Å². The van der Waals surface area contributed by atoms with Crippen molar-refractivity contribution in [2.45, 2.75) is 86.5 Å². The molecule has 0 aliphatic heterocycles. The summed E-state index contributed by atoms with van der Waals surface area (Å²) in [6.07, 6.45) is 10.0. The molecule has 0 heterocycles. The largest absolute Gasteiger partial charge is 0.0651 e. The van der Waals surface area contributed by atoms with Crippen LogP contribution in [0.4, 0.5) is 0 Å². The van der Waals surface area contributed by atoms with Crippen LogP contribution in [-0.4, -0.2) is 0 Å². The number of hydrogen-bond acceptors (Lipinski definition) is 0. The van der Waals surface area contributed by atoms with E-state index in [0.717, 1.165) is 23.7 Å². The smallest absolute Gasteiger partial charge is 0.0305 e. The first kappa shape index (κ1) is 16.1. The minimum Gasteiger partial charge on any atom is -0.0651 e. The van der Waals surface area contributed by atoms with Crippen LogP contribution in [0.2, 0.25) is 0 Å². The van der Waals surface area contributed by atoms with Gasteiger partial charge in [0.25, 0.3) is 0 Å². The molecule has 1 aliphatic rings. The van der Waals surface area contributed by atoms with Crippen molar-refractivity contribution in [2.24, 2.45) is 29.1 Å². The fourth-order valence-electron chi connectivity index (χ4n) is 3.95. The second-order valence-corrected chi connectivity index (χ2v) is 7.22. The predicted molar refractivity (Wildman–Crippen MR) is 82.8 cm³/mol. The normalized spacial score (nSPS) is 30.5. The van der Waals surface area contributed by atoms with Crippen LogP contribution in [0.1, 0.15) is 86.5 Å². The van der Waals surface area contributed by atoms with E-state index in [1.54, 1.807) is 0 Å². The van der Waals surface area contributed by atoms with Gasteiger partial charge in [0.05, 0.1) is 0 Å². The van der Waals surface area contributed by atoms with Gasteiger partial charge in [-0.15, -0.1) is 0 Å². The molecule has 1 rings (SSSR count). The monoisotopic (exact) mass is 252 g/mol. The van der Waals surface area contributed by atoms with Crippen molar-refractivity contribution in [1.82, 2.24) is 0 Å². The zero-order valence-electron chi connectivity index (χ0n) is 13.8. The molecule has 0 amide bonds. The van der Waals surface area contributed by atoms with Gasteiger partial charge in [-0.3, -0.25) is 0 Å². The molecule has 0 saturated heterocycles. The van der Waals surface area contributed by atoms with Gasteiger partial charge in [-0.1, -0.05) is 73.6 Å². The maximum absolute atomic E-state index is 2.48. The third-order valence-electron chi connectivity index (χ3n) is 6.19. The SMILES string of the molecule is CCC1C(CC)C1CCCCC(C)(CC)C(C)C. The molecular formula is C18H36. The van der Waals surface area contributed by atoms with E-state index in [2.05, 4.69) is 41.5 Å². The molecule has 1 fully saturated rings. The van der Waals surface area contributed by atoms with Crippen molar-refractivity contribution in [3.63, 3.8) is 0 Å². The molecule has 0 nitrogen and oxygen atoms in total. The van der Waals surface area contributed by atoms with Crippen LogP contribution in [0, 0.1) is 29.1 Å². The maximum Gasteiger partial charge on any atom is -0.0305 e. The molecule has 0 N–H and O–H groups in total. The molecule has 108 valence electrons. The van der Waals surface area contributed by atoms with Gasteiger partial charge in [0.15, 0.2) is 0 Å². The molecule has 0 aromatic carbocycles. The van der Waals surface area contributed by atoms with Gasteiger partial charge >= 0.3 is 0 Å². The maximum atomic E-state index is 2.48. The van der Waals surface area contributed by atoms with Gasteiger partial charge in [0.2, 0.25) is 0 Å². The fraction of sp³-hybridized carbons (Fsp3) is 1.00. The van der Waals surface area contributed by atoms with Crippen LogP contribution in [-0.2, 0) is 0 Å². The Labute approximate surface area is 116 Å². The van der Waals surface area contributed by atoms with E-state index in [1.807, 2.05) is 0 Å². The Bertz CT molecular complexity index is 220. The van der Waals surface area contributed by atoms with Crippen molar-refractivity contribution in [2.75, 3.05) is 0 Å². The third kappa shape index (κ3) is 3.75. The highest BCUT2D eigenvalue weighted by atomic mass is 14.5. The Morgan fingerprint density at radius 3 is 1.83 bits per heavy atom. The lowest BCUT2D eigenvalue weighted by Crippen LogP contribution is -2.22. The highest BCUT2D eigenvalue weighted by Gasteiger charge is 2.45. The zero-order valence-corrected chi connectivity index (χ0v) is 13.8. The van der Waals surface area contributed by atoms with Crippen molar-refractivity contribution < 1.29 is 0 Å². The fourth-order valence-corrected chi connectivity index (χ4v) is 3.95. The van der Waals surface area contributed by atoms with Gasteiger partial charge in [-0.25, -0.2) is 0 Å². The van der Waals surface area contributed by atoms with E-state index in [4.69, 9.17) is 0 Å². The Hall–Kier alpha value is 0. The average molecular weight is 252 g/mol. The average Bonchev–Trinajstić information content (AvgIpc) is 3.06. The van der Waals surface area contributed by atoms with Crippen molar-refractivity contribution >= 4 is 0 Å². The Balaban J connectivity index is 2.19. The van der Waals surface area contributed by atoms with Gasteiger partial charge in [0, 0.05) is 0 Å². The summed E-state index contributed by atoms with van der Waals surface area (Å²) in [5.41, 5.74) is 0.581. The minimum atomic E-state index is 0.581. The summed E-state index contributed by atoms with van der Waals surface area (Å²) < 4.78 is 0. The van der Waals surface area contributed by atoms with Crippen molar-refractivity contribution in [3.8, 4) is 0 Å². The standard InChI is InChI=1S/C18H36/c1-7-15-16(8-2)17(15)12-10-11-13-18(6,9-3)14(4)5/h14-17H,7-13H2,1-6H3. The molecule has 0 radical (unpaired) electrons. The number of hydrogen-bond donors (Lipinski definition) is 0. The Morgan fingerprint density at radius 1 is 0.889 bits per heavy atom. The second kappa shape index (κ2) is 6.96. The summed E-state index contributed by atoms with van der Waals surface area (Å²) in [5, 5.41) is 0. The molecule has 18 heavy (non-hydrogen) atoms. The predicted octanol–water partition coefficient (Wildman–Crippen LogP) is 6.30. The van der Waals surface area contributed by atoms with E-state index in [9.17, 15) is 0 Å². The molecule has 0 heteroatoms. The molecule has 0 aromatic rings. The third-order valence-corrected chi connectivity index (χ3v) is 6.19. The highest BCUT2D eigenvalue weighted by Crippen LogP contribution is 2.53.